The Bertz CT molecular complexity index is 813. The van der Waals surface area contributed by atoms with Crippen molar-refractivity contribution in [1.29, 1.82) is 0 Å². The fraction of sp³-hybridized carbons (Fsp3) is 0.0714. The number of nitrogens with one attached hydrogen (secondary N) is 1. The molecule has 3 rings (SSSR count). The molecule has 0 radical (unpaired) electrons. The molecule has 0 aliphatic rings. The van der Waals surface area contributed by atoms with Crippen LogP contribution in [0.5, 0.6) is 0 Å². The Morgan fingerprint density at radius 2 is 1.74 bits per heavy atom. The topological polar surface area (TPSA) is 20.7 Å². The lowest BCUT2D eigenvalue weighted by Crippen LogP contribution is -1.94. The molecule has 0 aliphatic heterocycles. The van der Waals surface area contributed by atoms with Gasteiger partial charge in [-0.15, -0.1) is 0 Å². The molecule has 5 heteroatoms. The van der Waals surface area contributed by atoms with Gasteiger partial charge in [-0.25, -0.2) is 0 Å². The molecule has 1 heterocycles. The van der Waals surface area contributed by atoms with Gasteiger partial charge in [0.1, 0.15) is 0 Å². The highest BCUT2D eigenvalue weighted by Gasteiger charge is 2.08. The first kappa shape index (κ1) is 12.7. The van der Waals surface area contributed by atoms with Crippen molar-refractivity contribution < 1.29 is 0 Å². The summed E-state index contributed by atoms with van der Waals surface area (Å²) in [6.45, 7) is 2.05. The van der Waals surface area contributed by atoms with Crippen LogP contribution < -0.4 is 0 Å². The summed E-state index contributed by atoms with van der Waals surface area (Å²) in [5, 5.41) is 1.18. The minimum atomic E-state index is 0.589. The van der Waals surface area contributed by atoms with Crippen LogP contribution in [0.3, 0.4) is 0 Å². The molecule has 0 fully saturated rings. The third kappa shape index (κ3) is 2.29. The van der Waals surface area contributed by atoms with Crippen molar-refractivity contribution in [3.05, 3.63) is 56.8 Å². The molecule has 2 aromatic carbocycles. The zero-order valence-corrected chi connectivity index (χ0v) is 12.4. The zero-order valence-electron chi connectivity index (χ0n) is 10.1. The highest BCUT2D eigenvalue weighted by Crippen LogP contribution is 2.26. The van der Waals surface area contributed by atoms with Crippen molar-refractivity contribution >= 4 is 46.5 Å². The summed E-state index contributed by atoms with van der Waals surface area (Å²) in [7, 11) is 0. The second-order valence-corrected chi connectivity index (χ2v) is 5.67. The van der Waals surface area contributed by atoms with Crippen LogP contribution in [0.25, 0.3) is 16.7 Å². The average molecular weight is 309 g/mol. The van der Waals surface area contributed by atoms with Gasteiger partial charge in [0, 0.05) is 10.0 Å². The Labute approximate surface area is 125 Å². The first-order valence-electron chi connectivity index (χ1n) is 5.72. The zero-order chi connectivity index (χ0) is 13.6. The smallest absolute Gasteiger partial charge is 0.182 e. The molecule has 0 amide bonds. The predicted octanol–water partition coefficient (Wildman–Crippen LogP) is 5.30. The number of nitrogens with zero attached hydrogens (tertiary/aromatic N) is 1. The van der Waals surface area contributed by atoms with Crippen LogP contribution in [0.2, 0.25) is 10.0 Å². The van der Waals surface area contributed by atoms with E-state index >= 15 is 0 Å². The van der Waals surface area contributed by atoms with Crippen LogP contribution in [-0.4, -0.2) is 9.55 Å². The van der Waals surface area contributed by atoms with Gasteiger partial charge in [-0.1, -0.05) is 29.3 Å². The largest absolute Gasteiger partial charge is 0.330 e. The lowest BCUT2D eigenvalue weighted by atomic mass is 10.2. The summed E-state index contributed by atoms with van der Waals surface area (Å²) in [5.41, 5.74) is 4.04. The number of rotatable bonds is 1. The maximum absolute atomic E-state index is 6.06. The highest BCUT2D eigenvalue weighted by molar-refractivity contribution is 7.71. The van der Waals surface area contributed by atoms with E-state index in [-0.39, 0.29) is 0 Å². The van der Waals surface area contributed by atoms with Crippen molar-refractivity contribution in [3.63, 3.8) is 0 Å². The summed E-state index contributed by atoms with van der Waals surface area (Å²) in [6.07, 6.45) is 0. The van der Waals surface area contributed by atoms with Gasteiger partial charge < -0.3 is 4.98 Å². The summed E-state index contributed by atoms with van der Waals surface area (Å²) in [5.74, 6) is 0. The minimum absolute atomic E-state index is 0.589. The highest BCUT2D eigenvalue weighted by atomic mass is 35.5. The number of benzene rings is 2. The number of hydrogen-bond acceptors (Lipinski definition) is 1. The van der Waals surface area contributed by atoms with Gasteiger partial charge in [0.2, 0.25) is 0 Å². The molecule has 1 aromatic heterocycles. The maximum Gasteiger partial charge on any atom is 0.182 e. The van der Waals surface area contributed by atoms with Crippen molar-refractivity contribution in [2.75, 3.05) is 0 Å². The van der Waals surface area contributed by atoms with Gasteiger partial charge >= 0.3 is 0 Å². The van der Waals surface area contributed by atoms with Gasteiger partial charge in [-0.2, -0.15) is 0 Å². The molecule has 0 saturated carbocycles. The lowest BCUT2D eigenvalue weighted by molar-refractivity contribution is 1.06. The van der Waals surface area contributed by atoms with E-state index in [4.69, 9.17) is 35.4 Å². The molecule has 2 nitrogen and oxygen atoms in total. The van der Waals surface area contributed by atoms with E-state index in [1.165, 1.54) is 5.56 Å². The maximum atomic E-state index is 6.06. The molecule has 3 aromatic rings. The van der Waals surface area contributed by atoms with Crippen LogP contribution in [0.4, 0.5) is 0 Å². The number of aromatic nitrogens is 2. The van der Waals surface area contributed by atoms with E-state index in [0.29, 0.717) is 14.8 Å². The molecule has 0 aliphatic carbocycles. The number of aryl methyl sites for hydroxylation is 1. The SMILES string of the molecule is Cc1ccc2[nH]c(=S)n(-c3cc(Cl)cc(Cl)c3)c2c1. The van der Waals surface area contributed by atoms with E-state index in [1.807, 2.05) is 35.8 Å². The van der Waals surface area contributed by atoms with E-state index < -0.39 is 0 Å². The monoisotopic (exact) mass is 308 g/mol. The number of imidazole rings is 1. The fourth-order valence-corrected chi connectivity index (χ4v) is 2.97. The average Bonchev–Trinajstić information content (AvgIpc) is 2.63. The van der Waals surface area contributed by atoms with Crippen LogP contribution in [0, 0.1) is 11.7 Å². The Hall–Kier alpha value is -1.29. The second kappa shape index (κ2) is 4.67. The van der Waals surface area contributed by atoms with E-state index in [0.717, 1.165) is 16.7 Å². The molecule has 0 bridgehead atoms. The van der Waals surface area contributed by atoms with Gasteiger partial charge in [0.25, 0.3) is 0 Å². The van der Waals surface area contributed by atoms with Gasteiger partial charge in [-0.3, -0.25) is 4.57 Å². The normalized spacial score (nSPS) is 11.1. The summed E-state index contributed by atoms with van der Waals surface area (Å²) >= 11 is 17.5. The molecule has 19 heavy (non-hydrogen) atoms. The molecular formula is C14H10Cl2N2S. The molecule has 96 valence electrons. The summed E-state index contributed by atoms with van der Waals surface area (Å²) in [6, 6.07) is 11.5. The number of hydrogen-bond donors (Lipinski definition) is 1. The van der Waals surface area contributed by atoms with Crippen LogP contribution in [-0.2, 0) is 0 Å². The molecule has 0 spiro atoms. The summed E-state index contributed by atoms with van der Waals surface area (Å²) in [4.78, 5) is 3.18. The van der Waals surface area contributed by atoms with Crippen LogP contribution in [0.1, 0.15) is 5.56 Å². The first-order chi connectivity index (χ1) is 9.04. The molecule has 0 atom stereocenters. The minimum Gasteiger partial charge on any atom is -0.330 e. The third-order valence-corrected chi connectivity index (χ3v) is 3.67. The molecular weight excluding hydrogens is 299 g/mol. The van der Waals surface area contributed by atoms with Crippen LogP contribution in [0.15, 0.2) is 36.4 Å². The Morgan fingerprint density at radius 3 is 2.42 bits per heavy atom. The standard InChI is InChI=1S/C14H10Cl2N2S/c1-8-2-3-12-13(4-8)18(14(19)17-12)11-6-9(15)5-10(16)7-11/h2-7H,1H3,(H,17,19). The van der Waals surface area contributed by atoms with Gasteiger partial charge in [-0.05, 0) is 55.0 Å². The number of halogens is 2. The second-order valence-electron chi connectivity index (χ2n) is 4.41. The number of fused-ring (bicyclic) bond motifs is 1. The van der Waals surface area contributed by atoms with Crippen molar-refractivity contribution in [2.24, 2.45) is 0 Å². The molecule has 1 N–H and O–H groups in total. The van der Waals surface area contributed by atoms with Crippen molar-refractivity contribution in [2.45, 2.75) is 6.92 Å². The van der Waals surface area contributed by atoms with E-state index in [1.54, 1.807) is 6.07 Å². The Kier molecular flexibility index (Phi) is 3.13. The van der Waals surface area contributed by atoms with Gasteiger partial charge in [0.15, 0.2) is 4.77 Å². The first-order valence-corrected chi connectivity index (χ1v) is 6.89. The van der Waals surface area contributed by atoms with E-state index in [9.17, 15) is 0 Å². The van der Waals surface area contributed by atoms with Crippen LogP contribution >= 0.6 is 35.4 Å². The quantitative estimate of drug-likeness (QED) is 0.605. The van der Waals surface area contributed by atoms with Gasteiger partial charge in [0.05, 0.1) is 16.7 Å². The number of H-pyrrole nitrogens is 1. The summed E-state index contributed by atoms with van der Waals surface area (Å²) < 4.78 is 2.56. The lowest BCUT2D eigenvalue weighted by Gasteiger charge is -2.06. The van der Waals surface area contributed by atoms with E-state index in [2.05, 4.69) is 11.1 Å². The molecule has 0 saturated heterocycles. The Balaban J connectivity index is 2.38. The molecule has 0 unspecified atom stereocenters. The predicted molar refractivity (Wildman–Crippen MR) is 83.2 cm³/mol. The number of aromatic amines is 1. The fourth-order valence-electron chi connectivity index (χ4n) is 2.14. The third-order valence-electron chi connectivity index (χ3n) is 2.94. The van der Waals surface area contributed by atoms with Crippen molar-refractivity contribution in [3.8, 4) is 5.69 Å². The Morgan fingerprint density at radius 1 is 1.05 bits per heavy atom. The van der Waals surface area contributed by atoms with Crippen molar-refractivity contribution in [1.82, 2.24) is 9.55 Å².